The minimum atomic E-state index is -0.191. The summed E-state index contributed by atoms with van der Waals surface area (Å²) in [4.78, 5) is 21.0. The lowest BCUT2D eigenvalue weighted by molar-refractivity contribution is 0.0555. The van der Waals surface area contributed by atoms with Crippen molar-refractivity contribution in [2.45, 2.75) is 25.3 Å². The average molecular weight is 307 g/mol. The zero-order valence-electron chi connectivity index (χ0n) is 13.4. The lowest BCUT2D eigenvalue weighted by Crippen LogP contribution is -2.47. The van der Waals surface area contributed by atoms with E-state index in [0.717, 1.165) is 32.4 Å². The second-order valence-corrected chi connectivity index (χ2v) is 5.75. The van der Waals surface area contributed by atoms with Crippen molar-refractivity contribution >= 4 is 5.91 Å². The maximum Gasteiger partial charge on any atom is 0.276 e. The number of pyridine rings is 1. The Balaban J connectivity index is 2.12. The van der Waals surface area contributed by atoms with Gasteiger partial charge in [0.15, 0.2) is 5.69 Å². The number of aromatic hydroxyl groups is 1. The summed E-state index contributed by atoms with van der Waals surface area (Å²) in [5, 5.41) is 9.90. The Morgan fingerprint density at radius 2 is 2.23 bits per heavy atom. The van der Waals surface area contributed by atoms with Gasteiger partial charge >= 0.3 is 0 Å². The molecular weight excluding hydrogens is 282 g/mol. The molecule has 1 aliphatic rings. The molecule has 1 aliphatic heterocycles. The lowest BCUT2D eigenvalue weighted by Gasteiger charge is -2.37. The highest BCUT2D eigenvalue weighted by atomic mass is 16.5. The molecule has 1 saturated heterocycles. The number of amides is 1. The van der Waals surface area contributed by atoms with E-state index in [1.54, 1.807) is 13.2 Å². The predicted octanol–water partition coefficient (Wildman–Crippen LogP) is 1.36. The fourth-order valence-electron chi connectivity index (χ4n) is 2.83. The van der Waals surface area contributed by atoms with Gasteiger partial charge in [-0.1, -0.05) is 0 Å². The van der Waals surface area contributed by atoms with Crippen molar-refractivity contribution < 1.29 is 14.6 Å². The van der Waals surface area contributed by atoms with Crippen molar-refractivity contribution in [1.29, 1.82) is 0 Å². The summed E-state index contributed by atoms with van der Waals surface area (Å²) in [5.41, 5.74) is 0.138. The SMILES string of the molecule is COCCCN(C(=O)c1ncccc1O)C1CCN(C)CC1. The minimum Gasteiger partial charge on any atom is -0.505 e. The van der Waals surface area contributed by atoms with Gasteiger partial charge in [-0.05, 0) is 51.5 Å². The van der Waals surface area contributed by atoms with Crippen LogP contribution in [0.2, 0.25) is 0 Å². The van der Waals surface area contributed by atoms with Gasteiger partial charge in [0, 0.05) is 32.5 Å². The first-order chi connectivity index (χ1) is 10.6. The number of nitrogens with zero attached hydrogens (tertiary/aromatic N) is 3. The minimum absolute atomic E-state index is 0.0582. The molecule has 1 amide bonds. The van der Waals surface area contributed by atoms with Crippen molar-refractivity contribution in [1.82, 2.24) is 14.8 Å². The molecule has 1 aromatic rings. The van der Waals surface area contributed by atoms with Crippen LogP contribution in [-0.2, 0) is 4.74 Å². The van der Waals surface area contributed by atoms with Crippen molar-refractivity contribution in [2.24, 2.45) is 0 Å². The Hall–Kier alpha value is -1.66. The Morgan fingerprint density at radius 1 is 1.50 bits per heavy atom. The predicted molar refractivity (Wildman–Crippen MR) is 84.0 cm³/mol. The van der Waals surface area contributed by atoms with Crippen LogP contribution >= 0.6 is 0 Å². The lowest BCUT2D eigenvalue weighted by atomic mass is 10.0. The highest BCUT2D eigenvalue weighted by Crippen LogP contribution is 2.21. The van der Waals surface area contributed by atoms with Gasteiger partial charge in [0.25, 0.3) is 5.91 Å². The Labute approximate surface area is 131 Å². The molecule has 0 aliphatic carbocycles. The van der Waals surface area contributed by atoms with Crippen molar-refractivity contribution in [3.05, 3.63) is 24.0 Å². The molecule has 0 radical (unpaired) electrons. The largest absolute Gasteiger partial charge is 0.505 e. The molecular formula is C16H25N3O3. The second kappa shape index (κ2) is 8.10. The second-order valence-electron chi connectivity index (χ2n) is 5.75. The van der Waals surface area contributed by atoms with Gasteiger partial charge in [-0.25, -0.2) is 4.98 Å². The van der Waals surface area contributed by atoms with Crippen LogP contribution in [0.1, 0.15) is 29.8 Å². The van der Waals surface area contributed by atoms with E-state index in [1.165, 1.54) is 12.3 Å². The average Bonchev–Trinajstić information content (AvgIpc) is 2.53. The number of ether oxygens (including phenoxy) is 1. The molecule has 0 spiro atoms. The zero-order chi connectivity index (χ0) is 15.9. The number of hydrogen-bond acceptors (Lipinski definition) is 5. The molecule has 6 heteroatoms. The highest BCUT2D eigenvalue weighted by Gasteiger charge is 2.29. The number of carbonyl (C=O) groups is 1. The van der Waals surface area contributed by atoms with Crippen LogP contribution in [0, 0.1) is 0 Å². The third kappa shape index (κ3) is 4.18. The standard InChI is InChI=1S/C16H25N3O3/c1-18-10-6-13(7-11-18)19(9-4-12-22-2)16(21)15-14(20)5-3-8-17-15/h3,5,8,13,20H,4,6-7,9-12H2,1-2H3. The van der Waals surface area contributed by atoms with E-state index in [9.17, 15) is 9.90 Å². The van der Waals surface area contributed by atoms with Crippen LogP contribution in [0.25, 0.3) is 0 Å². The summed E-state index contributed by atoms with van der Waals surface area (Å²) in [7, 11) is 3.75. The van der Waals surface area contributed by atoms with Crippen molar-refractivity contribution in [3.63, 3.8) is 0 Å². The van der Waals surface area contributed by atoms with Crippen molar-refractivity contribution in [2.75, 3.05) is 40.4 Å². The molecule has 1 N–H and O–H groups in total. The smallest absolute Gasteiger partial charge is 0.276 e. The molecule has 122 valence electrons. The third-order valence-corrected chi connectivity index (χ3v) is 4.13. The van der Waals surface area contributed by atoms with Gasteiger partial charge in [-0.2, -0.15) is 0 Å². The molecule has 6 nitrogen and oxygen atoms in total. The number of rotatable bonds is 6. The van der Waals surface area contributed by atoms with E-state index in [4.69, 9.17) is 4.74 Å². The normalized spacial score (nSPS) is 16.6. The molecule has 0 atom stereocenters. The van der Waals surface area contributed by atoms with Gasteiger partial charge in [-0.15, -0.1) is 0 Å². The molecule has 0 unspecified atom stereocenters. The summed E-state index contributed by atoms with van der Waals surface area (Å²) < 4.78 is 5.09. The van der Waals surface area contributed by atoms with E-state index in [1.807, 2.05) is 4.90 Å². The number of methoxy groups -OCH3 is 1. The Bertz CT molecular complexity index is 487. The molecule has 0 aromatic carbocycles. The zero-order valence-corrected chi connectivity index (χ0v) is 13.4. The summed E-state index contributed by atoms with van der Waals surface area (Å²) in [6.07, 6.45) is 4.21. The molecule has 0 bridgehead atoms. The van der Waals surface area contributed by atoms with E-state index < -0.39 is 0 Å². The summed E-state index contributed by atoms with van der Waals surface area (Å²) in [6, 6.07) is 3.32. The molecule has 1 aromatic heterocycles. The molecule has 2 rings (SSSR count). The number of carbonyl (C=O) groups excluding carboxylic acids is 1. The van der Waals surface area contributed by atoms with E-state index in [-0.39, 0.29) is 23.4 Å². The van der Waals surface area contributed by atoms with E-state index in [2.05, 4.69) is 16.9 Å². The van der Waals surface area contributed by atoms with Crippen LogP contribution in [0.3, 0.4) is 0 Å². The number of likely N-dealkylation sites (tertiary alicyclic amines) is 1. The quantitative estimate of drug-likeness (QED) is 0.804. The van der Waals surface area contributed by atoms with Gasteiger partial charge in [-0.3, -0.25) is 4.79 Å². The number of hydrogen-bond donors (Lipinski definition) is 1. The summed E-state index contributed by atoms with van der Waals surface area (Å²) >= 11 is 0. The van der Waals surface area contributed by atoms with Crippen LogP contribution < -0.4 is 0 Å². The topological polar surface area (TPSA) is 65.9 Å². The number of piperidine rings is 1. The maximum atomic E-state index is 12.8. The van der Waals surface area contributed by atoms with Crippen LogP contribution in [0.15, 0.2) is 18.3 Å². The van der Waals surface area contributed by atoms with Crippen LogP contribution in [-0.4, -0.2) is 72.2 Å². The molecule has 2 heterocycles. The molecule has 1 fully saturated rings. The molecule has 22 heavy (non-hydrogen) atoms. The van der Waals surface area contributed by atoms with Crippen molar-refractivity contribution in [3.8, 4) is 5.75 Å². The third-order valence-electron chi connectivity index (χ3n) is 4.13. The first kappa shape index (κ1) is 16.7. The van der Waals surface area contributed by atoms with Crippen LogP contribution in [0.5, 0.6) is 5.75 Å². The van der Waals surface area contributed by atoms with Gasteiger partial charge in [0.1, 0.15) is 5.75 Å². The fourth-order valence-corrected chi connectivity index (χ4v) is 2.83. The number of aromatic nitrogens is 1. The van der Waals surface area contributed by atoms with Gasteiger partial charge in [0.2, 0.25) is 0 Å². The van der Waals surface area contributed by atoms with Crippen LogP contribution in [0.4, 0.5) is 0 Å². The highest BCUT2D eigenvalue weighted by molar-refractivity contribution is 5.95. The first-order valence-corrected chi connectivity index (χ1v) is 7.76. The first-order valence-electron chi connectivity index (χ1n) is 7.76. The monoisotopic (exact) mass is 307 g/mol. The molecule has 0 saturated carbocycles. The Kier molecular flexibility index (Phi) is 6.15. The van der Waals surface area contributed by atoms with Gasteiger partial charge < -0.3 is 19.6 Å². The maximum absolute atomic E-state index is 12.8. The van der Waals surface area contributed by atoms with Gasteiger partial charge in [0.05, 0.1) is 0 Å². The summed E-state index contributed by atoms with van der Waals surface area (Å²) in [5.74, 6) is -0.249. The Morgan fingerprint density at radius 3 is 2.86 bits per heavy atom. The fraction of sp³-hybridized carbons (Fsp3) is 0.625. The van der Waals surface area contributed by atoms with E-state index in [0.29, 0.717) is 13.2 Å². The summed E-state index contributed by atoms with van der Waals surface area (Å²) in [6.45, 7) is 3.20. The van der Waals surface area contributed by atoms with E-state index >= 15 is 0 Å².